The topological polar surface area (TPSA) is 55.8 Å². The van der Waals surface area contributed by atoms with Gasteiger partial charge in [-0.2, -0.15) is 0 Å². The summed E-state index contributed by atoms with van der Waals surface area (Å²) >= 11 is 0. The van der Waals surface area contributed by atoms with Crippen molar-refractivity contribution in [3.63, 3.8) is 0 Å². The van der Waals surface area contributed by atoms with Crippen LogP contribution in [0.3, 0.4) is 0 Å². The van der Waals surface area contributed by atoms with Gasteiger partial charge in [-0.15, -0.1) is 0 Å². The summed E-state index contributed by atoms with van der Waals surface area (Å²) < 4.78 is 10.9. The number of benzene rings is 2. The first-order chi connectivity index (χ1) is 11.1. The summed E-state index contributed by atoms with van der Waals surface area (Å²) in [6.07, 6.45) is 0.959. The Morgan fingerprint density at radius 2 is 1.65 bits per heavy atom. The molecule has 1 N–H and O–H groups in total. The predicted molar refractivity (Wildman–Crippen MR) is 89.1 cm³/mol. The fourth-order valence-corrected chi connectivity index (χ4v) is 2.43. The van der Waals surface area contributed by atoms with Gasteiger partial charge in [-0.3, -0.25) is 4.79 Å². The van der Waals surface area contributed by atoms with E-state index in [1.807, 2.05) is 55.5 Å². The number of hydrogen-bond donors (Lipinski definition) is 1. The van der Waals surface area contributed by atoms with E-state index < -0.39 is 5.97 Å². The second-order valence-electron chi connectivity index (χ2n) is 5.41. The molecule has 0 aliphatic rings. The SMILES string of the molecule is CC[C@@H](CC(=O)O)c1ccc(OCc2ccc(OC)cc2)cc1. The van der Waals surface area contributed by atoms with Gasteiger partial charge in [-0.05, 0) is 47.7 Å². The van der Waals surface area contributed by atoms with Gasteiger partial charge in [-0.1, -0.05) is 31.2 Å². The highest BCUT2D eigenvalue weighted by Gasteiger charge is 2.13. The summed E-state index contributed by atoms with van der Waals surface area (Å²) in [6.45, 7) is 2.48. The van der Waals surface area contributed by atoms with Gasteiger partial charge in [-0.25, -0.2) is 0 Å². The minimum atomic E-state index is -0.767. The Labute approximate surface area is 136 Å². The van der Waals surface area contributed by atoms with E-state index in [-0.39, 0.29) is 12.3 Å². The van der Waals surface area contributed by atoms with E-state index in [4.69, 9.17) is 14.6 Å². The summed E-state index contributed by atoms with van der Waals surface area (Å²) in [7, 11) is 1.64. The molecule has 0 bridgehead atoms. The van der Waals surface area contributed by atoms with Gasteiger partial charge in [0, 0.05) is 0 Å². The van der Waals surface area contributed by atoms with Crippen molar-refractivity contribution in [2.24, 2.45) is 0 Å². The van der Waals surface area contributed by atoms with Crippen molar-refractivity contribution in [1.29, 1.82) is 0 Å². The molecule has 0 aromatic heterocycles. The van der Waals surface area contributed by atoms with Crippen LogP contribution in [0.5, 0.6) is 11.5 Å². The Morgan fingerprint density at radius 3 is 2.17 bits per heavy atom. The van der Waals surface area contributed by atoms with Crippen LogP contribution in [0, 0.1) is 0 Å². The average Bonchev–Trinajstić information content (AvgIpc) is 2.58. The molecule has 2 rings (SSSR count). The van der Waals surface area contributed by atoms with E-state index in [2.05, 4.69) is 0 Å². The Bertz CT molecular complexity index is 617. The Balaban J connectivity index is 1.94. The summed E-state index contributed by atoms with van der Waals surface area (Å²) in [5.74, 6) is 0.872. The highest BCUT2D eigenvalue weighted by Crippen LogP contribution is 2.25. The maximum absolute atomic E-state index is 10.9. The number of ether oxygens (including phenoxy) is 2. The van der Waals surface area contributed by atoms with Crippen LogP contribution in [-0.2, 0) is 11.4 Å². The van der Waals surface area contributed by atoms with Crippen molar-refractivity contribution in [2.75, 3.05) is 7.11 Å². The first-order valence-corrected chi connectivity index (χ1v) is 7.70. The third kappa shape index (κ3) is 5.02. The largest absolute Gasteiger partial charge is 0.497 e. The fourth-order valence-electron chi connectivity index (χ4n) is 2.43. The van der Waals surface area contributed by atoms with E-state index in [1.165, 1.54) is 0 Å². The van der Waals surface area contributed by atoms with E-state index in [9.17, 15) is 4.79 Å². The quantitative estimate of drug-likeness (QED) is 0.791. The molecule has 0 unspecified atom stereocenters. The van der Waals surface area contributed by atoms with Crippen LogP contribution in [0.2, 0.25) is 0 Å². The molecule has 0 amide bonds. The van der Waals surface area contributed by atoms with Crippen LogP contribution < -0.4 is 9.47 Å². The highest BCUT2D eigenvalue weighted by atomic mass is 16.5. The van der Waals surface area contributed by atoms with Crippen molar-refractivity contribution in [2.45, 2.75) is 32.3 Å². The smallest absolute Gasteiger partial charge is 0.303 e. The van der Waals surface area contributed by atoms with Gasteiger partial charge < -0.3 is 14.6 Å². The van der Waals surface area contributed by atoms with Gasteiger partial charge in [0.15, 0.2) is 0 Å². The van der Waals surface area contributed by atoms with Crippen molar-refractivity contribution in [3.05, 3.63) is 59.7 Å². The summed E-state index contributed by atoms with van der Waals surface area (Å²) in [5, 5.41) is 8.94. The Hall–Kier alpha value is -2.49. The molecule has 0 spiro atoms. The van der Waals surface area contributed by atoms with Gasteiger partial charge >= 0.3 is 5.97 Å². The van der Waals surface area contributed by atoms with Crippen LogP contribution in [-0.4, -0.2) is 18.2 Å². The molecule has 1 atom stereocenters. The lowest BCUT2D eigenvalue weighted by molar-refractivity contribution is -0.137. The number of carbonyl (C=O) groups is 1. The summed E-state index contributed by atoms with van der Waals surface area (Å²) in [6, 6.07) is 15.4. The standard InChI is InChI=1S/C19H22O4/c1-3-15(12-19(20)21)16-6-10-18(11-7-16)23-13-14-4-8-17(22-2)9-5-14/h4-11,15H,3,12-13H2,1-2H3,(H,20,21)/t15-/m0/s1. The van der Waals surface area contributed by atoms with Gasteiger partial charge in [0.2, 0.25) is 0 Å². The summed E-state index contributed by atoms with van der Waals surface area (Å²) in [5.41, 5.74) is 2.10. The van der Waals surface area contributed by atoms with Crippen molar-refractivity contribution in [3.8, 4) is 11.5 Å². The van der Waals surface area contributed by atoms with Gasteiger partial charge in [0.25, 0.3) is 0 Å². The molecular weight excluding hydrogens is 292 g/mol. The zero-order valence-corrected chi connectivity index (χ0v) is 13.5. The predicted octanol–water partition coefficient (Wildman–Crippen LogP) is 4.24. The van der Waals surface area contributed by atoms with E-state index in [0.29, 0.717) is 6.61 Å². The lowest BCUT2D eigenvalue weighted by Gasteiger charge is -2.14. The van der Waals surface area contributed by atoms with Gasteiger partial charge in [0.05, 0.1) is 13.5 Å². The van der Waals surface area contributed by atoms with Crippen molar-refractivity contribution >= 4 is 5.97 Å². The molecular formula is C19H22O4. The molecule has 4 heteroatoms. The zero-order chi connectivity index (χ0) is 16.7. The van der Waals surface area contributed by atoms with E-state index in [1.54, 1.807) is 7.11 Å². The van der Waals surface area contributed by atoms with Crippen LogP contribution in [0.1, 0.15) is 36.8 Å². The summed E-state index contributed by atoms with van der Waals surface area (Å²) in [4.78, 5) is 10.9. The molecule has 122 valence electrons. The third-order valence-electron chi connectivity index (χ3n) is 3.83. The first-order valence-electron chi connectivity index (χ1n) is 7.70. The van der Waals surface area contributed by atoms with Crippen LogP contribution in [0.4, 0.5) is 0 Å². The molecule has 0 aliphatic carbocycles. The third-order valence-corrected chi connectivity index (χ3v) is 3.83. The minimum absolute atomic E-state index is 0.0446. The average molecular weight is 314 g/mol. The number of aliphatic carboxylic acids is 1. The molecule has 0 saturated carbocycles. The lowest BCUT2D eigenvalue weighted by Crippen LogP contribution is -2.05. The normalized spacial score (nSPS) is 11.7. The second-order valence-corrected chi connectivity index (χ2v) is 5.41. The fraction of sp³-hybridized carbons (Fsp3) is 0.316. The number of hydrogen-bond acceptors (Lipinski definition) is 3. The highest BCUT2D eigenvalue weighted by molar-refractivity contribution is 5.68. The second kappa shape index (κ2) is 8.22. The monoisotopic (exact) mass is 314 g/mol. The van der Waals surface area contributed by atoms with E-state index in [0.717, 1.165) is 29.0 Å². The van der Waals surface area contributed by atoms with Crippen LogP contribution in [0.25, 0.3) is 0 Å². The molecule has 0 fully saturated rings. The molecule has 0 saturated heterocycles. The maximum atomic E-state index is 10.9. The zero-order valence-electron chi connectivity index (χ0n) is 13.5. The van der Waals surface area contributed by atoms with Crippen LogP contribution >= 0.6 is 0 Å². The van der Waals surface area contributed by atoms with Gasteiger partial charge in [0.1, 0.15) is 18.1 Å². The molecule has 2 aromatic rings. The number of methoxy groups -OCH3 is 1. The molecule has 4 nitrogen and oxygen atoms in total. The first kappa shape index (κ1) is 16.9. The molecule has 2 aromatic carbocycles. The number of carboxylic acid groups (broad SMARTS) is 1. The van der Waals surface area contributed by atoms with Crippen molar-refractivity contribution in [1.82, 2.24) is 0 Å². The van der Waals surface area contributed by atoms with Crippen LogP contribution in [0.15, 0.2) is 48.5 Å². The van der Waals surface area contributed by atoms with E-state index >= 15 is 0 Å². The number of rotatable bonds is 8. The maximum Gasteiger partial charge on any atom is 0.303 e. The molecule has 0 radical (unpaired) electrons. The Kier molecular flexibility index (Phi) is 6.03. The lowest BCUT2D eigenvalue weighted by atomic mass is 9.93. The number of carboxylic acids is 1. The molecule has 23 heavy (non-hydrogen) atoms. The molecule has 0 heterocycles. The Morgan fingerprint density at radius 1 is 1.04 bits per heavy atom. The molecule has 0 aliphatic heterocycles. The minimum Gasteiger partial charge on any atom is -0.497 e. The van der Waals surface area contributed by atoms with Crippen molar-refractivity contribution < 1.29 is 19.4 Å².